The van der Waals surface area contributed by atoms with Crippen molar-refractivity contribution < 1.29 is 9.59 Å². The van der Waals surface area contributed by atoms with Crippen molar-refractivity contribution in [1.82, 2.24) is 14.9 Å². The van der Waals surface area contributed by atoms with Gasteiger partial charge in [0, 0.05) is 19.0 Å². The van der Waals surface area contributed by atoms with E-state index in [-0.39, 0.29) is 23.8 Å². The minimum absolute atomic E-state index is 0.0706. The summed E-state index contributed by atoms with van der Waals surface area (Å²) in [6.45, 7) is 2.49. The highest BCUT2D eigenvalue weighted by molar-refractivity contribution is 5.81. The number of primary amides is 1. The number of rotatable bonds is 5. The molecule has 0 fully saturated rings. The van der Waals surface area contributed by atoms with Crippen LogP contribution in [0, 0.1) is 12.8 Å². The number of aryl methyl sites for hydroxylation is 2. The second-order valence-electron chi connectivity index (χ2n) is 6.18. The maximum absolute atomic E-state index is 12.3. The largest absolute Gasteiger partial charge is 0.369 e. The van der Waals surface area contributed by atoms with E-state index >= 15 is 0 Å². The van der Waals surface area contributed by atoms with E-state index in [1.165, 1.54) is 0 Å². The summed E-state index contributed by atoms with van der Waals surface area (Å²) in [6.07, 6.45) is 5.50. The fourth-order valence-electron chi connectivity index (χ4n) is 3.26. The molecule has 1 aromatic heterocycles. The molecule has 0 saturated heterocycles. The highest BCUT2D eigenvalue weighted by atomic mass is 16.2. The summed E-state index contributed by atoms with van der Waals surface area (Å²) in [5.41, 5.74) is 7.39. The van der Waals surface area contributed by atoms with Crippen molar-refractivity contribution in [2.45, 2.75) is 38.8 Å². The minimum Gasteiger partial charge on any atom is -0.369 e. The summed E-state index contributed by atoms with van der Waals surface area (Å²) in [5.74, 6) is 0.134. The number of nitrogens with two attached hydrogens (primary N) is 1. The normalized spacial score (nSPS) is 20.2. The van der Waals surface area contributed by atoms with Gasteiger partial charge in [0.1, 0.15) is 5.82 Å². The molecule has 24 heavy (non-hydrogen) atoms. The highest BCUT2D eigenvalue weighted by Crippen LogP contribution is 2.19. The van der Waals surface area contributed by atoms with Crippen molar-refractivity contribution in [2.24, 2.45) is 11.7 Å². The Morgan fingerprint density at radius 1 is 1.29 bits per heavy atom. The van der Waals surface area contributed by atoms with E-state index in [0.717, 1.165) is 16.9 Å². The van der Waals surface area contributed by atoms with Gasteiger partial charge in [0.05, 0.1) is 17.0 Å². The maximum atomic E-state index is 12.3. The highest BCUT2D eigenvalue weighted by Gasteiger charge is 2.28. The lowest BCUT2D eigenvalue weighted by atomic mass is 9.88. The van der Waals surface area contributed by atoms with Crippen molar-refractivity contribution in [3.8, 4) is 0 Å². The molecule has 0 spiro atoms. The fraction of sp³-hybridized carbons (Fsp3) is 0.389. The van der Waals surface area contributed by atoms with Gasteiger partial charge in [-0.15, -0.1) is 0 Å². The van der Waals surface area contributed by atoms with Crippen LogP contribution in [0.4, 0.5) is 0 Å². The molecule has 1 aliphatic carbocycles. The molecule has 1 aliphatic rings. The van der Waals surface area contributed by atoms with Crippen LogP contribution in [-0.4, -0.2) is 27.4 Å². The Morgan fingerprint density at radius 3 is 2.83 bits per heavy atom. The lowest BCUT2D eigenvalue weighted by Gasteiger charge is -2.27. The Balaban J connectivity index is 1.64. The number of nitrogens with zero attached hydrogens (tertiary/aromatic N) is 2. The Labute approximate surface area is 140 Å². The summed E-state index contributed by atoms with van der Waals surface area (Å²) >= 11 is 0. The molecular weight excluding hydrogens is 304 g/mol. The maximum Gasteiger partial charge on any atom is 0.222 e. The van der Waals surface area contributed by atoms with E-state index < -0.39 is 0 Å². The predicted octanol–water partition coefficient (Wildman–Crippen LogP) is 1.67. The van der Waals surface area contributed by atoms with E-state index in [1.54, 1.807) is 0 Å². The Bertz CT molecular complexity index is 793. The van der Waals surface area contributed by atoms with Crippen LogP contribution in [0.15, 0.2) is 36.4 Å². The summed E-state index contributed by atoms with van der Waals surface area (Å²) < 4.78 is 2.04. The first-order valence-corrected chi connectivity index (χ1v) is 8.22. The van der Waals surface area contributed by atoms with E-state index in [0.29, 0.717) is 25.8 Å². The van der Waals surface area contributed by atoms with Crippen LogP contribution in [0.25, 0.3) is 11.0 Å². The number of carbonyl (C=O) groups is 2. The van der Waals surface area contributed by atoms with E-state index in [2.05, 4.69) is 10.3 Å². The van der Waals surface area contributed by atoms with Crippen LogP contribution in [0.1, 0.15) is 25.1 Å². The van der Waals surface area contributed by atoms with Crippen LogP contribution >= 0.6 is 0 Å². The molecule has 1 aromatic carbocycles. The fourth-order valence-corrected chi connectivity index (χ4v) is 3.26. The quantitative estimate of drug-likeness (QED) is 0.819. The average Bonchev–Trinajstić information content (AvgIpc) is 2.88. The summed E-state index contributed by atoms with van der Waals surface area (Å²) in [7, 11) is 0. The number of carbonyl (C=O) groups excluding carboxylic acids is 2. The van der Waals surface area contributed by atoms with Gasteiger partial charge in [-0.05, 0) is 31.9 Å². The number of para-hydroxylation sites is 2. The van der Waals surface area contributed by atoms with Crippen LogP contribution in [0.5, 0.6) is 0 Å². The smallest absolute Gasteiger partial charge is 0.222 e. The standard InChI is InChI=1S/C18H22N4O2/c1-12-20-15-8-4-5-9-16(15)22(12)11-10-17(23)21-14-7-3-2-6-13(14)18(19)24/h2-5,8-9,13-14H,6-7,10-11H2,1H3,(H2,19,24)(H,21,23)/t13-,14-/m1/s1. The van der Waals surface area contributed by atoms with E-state index in [4.69, 9.17) is 5.73 Å². The third-order valence-corrected chi connectivity index (χ3v) is 4.55. The lowest BCUT2D eigenvalue weighted by Crippen LogP contribution is -2.46. The molecule has 0 unspecified atom stereocenters. The van der Waals surface area contributed by atoms with Crippen molar-refractivity contribution >= 4 is 22.8 Å². The molecular formula is C18H22N4O2. The number of imidazole rings is 1. The second kappa shape index (κ2) is 6.86. The first-order chi connectivity index (χ1) is 11.6. The zero-order valence-electron chi connectivity index (χ0n) is 13.7. The predicted molar refractivity (Wildman–Crippen MR) is 92.1 cm³/mol. The zero-order chi connectivity index (χ0) is 17.1. The molecule has 6 heteroatoms. The number of aromatic nitrogens is 2. The van der Waals surface area contributed by atoms with Gasteiger partial charge in [0.15, 0.2) is 0 Å². The Hall–Kier alpha value is -2.63. The van der Waals surface area contributed by atoms with Crippen LogP contribution in [0.3, 0.4) is 0 Å². The molecule has 2 amide bonds. The van der Waals surface area contributed by atoms with Crippen LogP contribution in [0.2, 0.25) is 0 Å². The van der Waals surface area contributed by atoms with Crippen molar-refractivity contribution in [3.05, 3.63) is 42.2 Å². The molecule has 126 valence electrons. The van der Waals surface area contributed by atoms with Gasteiger partial charge in [-0.3, -0.25) is 9.59 Å². The van der Waals surface area contributed by atoms with Gasteiger partial charge < -0.3 is 15.6 Å². The number of hydrogen-bond donors (Lipinski definition) is 2. The number of benzene rings is 1. The van der Waals surface area contributed by atoms with Crippen LogP contribution in [-0.2, 0) is 16.1 Å². The number of amides is 2. The third kappa shape index (κ3) is 3.32. The van der Waals surface area contributed by atoms with Gasteiger partial charge in [-0.2, -0.15) is 0 Å². The first kappa shape index (κ1) is 16.2. The van der Waals surface area contributed by atoms with Crippen LogP contribution < -0.4 is 11.1 Å². The molecule has 2 atom stereocenters. The van der Waals surface area contributed by atoms with Gasteiger partial charge in [0.2, 0.25) is 11.8 Å². The van der Waals surface area contributed by atoms with Crippen molar-refractivity contribution in [1.29, 1.82) is 0 Å². The van der Waals surface area contributed by atoms with Gasteiger partial charge in [-0.25, -0.2) is 4.98 Å². The second-order valence-corrected chi connectivity index (χ2v) is 6.18. The molecule has 6 nitrogen and oxygen atoms in total. The molecule has 0 radical (unpaired) electrons. The van der Waals surface area contributed by atoms with Gasteiger partial charge >= 0.3 is 0 Å². The van der Waals surface area contributed by atoms with Gasteiger partial charge in [-0.1, -0.05) is 24.3 Å². The Morgan fingerprint density at radius 2 is 2.04 bits per heavy atom. The summed E-state index contributed by atoms with van der Waals surface area (Å²) in [6, 6.07) is 7.67. The molecule has 3 N–H and O–H groups in total. The van der Waals surface area contributed by atoms with Gasteiger partial charge in [0.25, 0.3) is 0 Å². The topological polar surface area (TPSA) is 90.0 Å². The molecule has 0 bridgehead atoms. The van der Waals surface area contributed by atoms with E-state index in [9.17, 15) is 9.59 Å². The van der Waals surface area contributed by atoms with Crippen molar-refractivity contribution in [2.75, 3.05) is 0 Å². The number of nitrogens with one attached hydrogen (secondary N) is 1. The van der Waals surface area contributed by atoms with E-state index in [1.807, 2.05) is 47.9 Å². The first-order valence-electron chi connectivity index (χ1n) is 8.22. The number of allylic oxidation sites excluding steroid dienone is 1. The number of hydrogen-bond acceptors (Lipinski definition) is 3. The molecule has 0 saturated carbocycles. The molecule has 1 heterocycles. The molecule has 0 aliphatic heterocycles. The SMILES string of the molecule is Cc1nc2ccccc2n1CCC(=O)N[C@@H]1CC=CC[C@H]1C(N)=O. The van der Waals surface area contributed by atoms with Crippen molar-refractivity contribution in [3.63, 3.8) is 0 Å². The zero-order valence-corrected chi connectivity index (χ0v) is 13.7. The monoisotopic (exact) mass is 326 g/mol. The number of fused-ring (bicyclic) bond motifs is 1. The molecule has 2 aromatic rings. The average molecular weight is 326 g/mol. The molecule has 3 rings (SSSR count). The lowest BCUT2D eigenvalue weighted by molar-refractivity contribution is -0.125. The Kier molecular flexibility index (Phi) is 4.64. The third-order valence-electron chi connectivity index (χ3n) is 4.55. The summed E-state index contributed by atoms with van der Waals surface area (Å²) in [5, 5.41) is 2.96. The minimum atomic E-state index is -0.360. The summed E-state index contributed by atoms with van der Waals surface area (Å²) in [4.78, 5) is 28.3.